The van der Waals surface area contributed by atoms with Gasteiger partial charge in [-0.15, -0.1) is 10.2 Å². The molecule has 0 radical (unpaired) electrons. The van der Waals surface area contributed by atoms with Gasteiger partial charge in [-0.3, -0.25) is 9.59 Å². The third kappa shape index (κ3) is 5.23. The highest BCUT2D eigenvalue weighted by molar-refractivity contribution is 7.99. The molecule has 0 aliphatic carbocycles. The Balaban J connectivity index is 1.50. The average molecular weight is 408 g/mol. The van der Waals surface area contributed by atoms with Crippen molar-refractivity contribution in [2.24, 2.45) is 0 Å². The molecule has 0 atom stereocenters. The fourth-order valence-electron chi connectivity index (χ4n) is 2.86. The third-order valence-electron chi connectivity index (χ3n) is 4.35. The molecule has 144 valence electrons. The largest absolute Gasteiger partial charge is 0.336 e. The van der Waals surface area contributed by atoms with Gasteiger partial charge in [-0.1, -0.05) is 41.9 Å². The summed E-state index contributed by atoms with van der Waals surface area (Å²) in [6.45, 7) is 0.859. The predicted molar refractivity (Wildman–Crippen MR) is 106 cm³/mol. The van der Waals surface area contributed by atoms with Crippen molar-refractivity contribution in [1.29, 1.82) is 0 Å². The second kappa shape index (κ2) is 9.23. The molecule has 9 heteroatoms. The fourth-order valence-corrected chi connectivity index (χ4v) is 3.96. The van der Waals surface area contributed by atoms with E-state index in [1.165, 1.54) is 23.1 Å². The van der Waals surface area contributed by atoms with Crippen molar-refractivity contribution in [3.63, 3.8) is 0 Å². The van der Waals surface area contributed by atoms with Crippen molar-refractivity contribution in [2.75, 3.05) is 24.7 Å². The number of likely N-dealkylation sites (N-methyl/N-ethyl adjacent to an activating group) is 1. The van der Waals surface area contributed by atoms with Crippen molar-refractivity contribution >= 4 is 40.9 Å². The molecule has 0 spiro atoms. The van der Waals surface area contributed by atoms with E-state index in [4.69, 9.17) is 11.6 Å². The Morgan fingerprint density at radius 1 is 1.26 bits per heavy atom. The molecule has 2 heterocycles. The summed E-state index contributed by atoms with van der Waals surface area (Å²) in [6.07, 6.45) is 4.36. The van der Waals surface area contributed by atoms with Crippen LogP contribution in [-0.4, -0.2) is 50.8 Å². The number of halogens is 1. The first-order valence-electron chi connectivity index (χ1n) is 8.88. The van der Waals surface area contributed by atoms with Crippen LogP contribution in [0, 0.1) is 0 Å². The average Bonchev–Trinajstić information content (AvgIpc) is 2.87. The molecule has 27 heavy (non-hydrogen) atoms. The lowest BCUT2D eigenvalue weighted by molar-refractivity contribution is -0.131. The summed E-state index contributed by atoms with van der Waals surface area (Å²) in [5.41, 5.74) is 0.533. The molecule has 1 aromatic carbocycles. The second-order valence-corrected chi connectivity index (χ2v) is 7.78. The van der Waals surface area contributed by atoms with Gasteiger partial charge in [-0.05, 0) is 25.0 Å². The summed E-state index contributed by atoms with van der Waals surface area (Å²) in [5.74, 6) is 0.782. The quantitative estimate of drug-likeness (QED) is 0.745. The van der Waals surface area contributed by atoms with E-state index >= 15 is 0 Å². The number of carbonyl (C=O) groups excluding carboxylic acids is 2. The number of nitrogens with zero attached hydrogens (tertiary/aromatic N) is 4. The highest BCUT2D eigenvalue weighted by Gasteiger charge is 2.18. The van der Waals surface area contributed by atoms with Crippen LogP contribution < -0.4 is 5.32 Å². The van der Waals surface area contributed by atoms with Gasteiger partial charge >= 0.3 is 0 Å². The number of nitrogens with one attached hydrogen (secondary N) is 1. The molecule has 1 aliphatic heterocycles. The molecule has 3 rings (SSSR count). The van der Waals surface area contributed by atoms with Gasteiger partial charge in [0.1, 0.15) is 5.82 Å². The third-order valence-corrected chi connectivity index (χ3v) is 5.64. The SMILES string of the molecule is CN(CC(=O)Nc1ccccc1Cl)C(=O)CSc1nnc2n1CCCCC2. The highest BCUT2D eigenvalue weighted by atomic mass is 35.5. The number of fused-ring (bicyclic) bond motifs is 1. The molecule has 1 aliphatic rings. The summed E-state index contributed by atoms with van der Waals surface area (Å²) in [4.78, 5) is 25.9. The first kappa shape index (κ1) is 19.7. The molecule has 0 bridgehead atoms. The Morgan fingerprint density at radius 3 is 2.89 bits per heavy atom. The van der Waals surface area contributed by atoms with Crippen LogP contribution in [0.5, 0.6) is 0 Å². The zero-order valence-electron chi connectivity index (χ0n) is 15.2. The van der Waals surface area contributed by atoms with E-state index in [0.717, 1.165) is 36.8 Å². The molecular weight excluding hydrogens is 386 g/mol. The lowest BCUT2D eigenvalue weighted by Crippen LogP contribution is -2.36. The van der Waals surface area contributed by atoms with Crippen molar-refractivity contribution < 1.29 is 9.59 Å². The van der Waals surface area contributed by atoms with Crippen LogP contribution in [0.2, 0.25) is 5.02 Å². The van der Waals surface area contributed by atoms with Crippen molar-refractivity contribution in [3.8, 4) is 0 Å². The zero-order chi connectivity index (χ0) is 19.2. The maximum Gasteiger partial charge on any atom is 0.244 e. The number of benzene rings is 1. The number of rotatable bonds is 6. The van der Waals surface area contributed by atoms with Gasteiger partial charge in [-0.25, -0.2) is 0 Å². The molecule has 0 saturated carbocycles. The Morgan fingerprint density at radius 2 is 2.07 bits per heavy atom. The Labute approximate surface area is 167 Å². The zero-order valence-corrected chi connectivity index (χ0v) is 16.7. The van der Waals surface area contributed by atoms with Crippen molar-refractivity contribution in [1.82, 2.24) is 19.7 Å². The minimum atomic E-state index is -0.291. The van der Waals surface area contributed by atoms with Gasteiger partial charge in [0.05, 0.1) is 23.0 Å². The van der Waals surface area contributed by atoms with Crippen molar-refractivity contribution in [3.05, 3.63) is 35.1 Å². The van der Waals surface area contributed by atoms with Gasteiger partial charge in [0.2, 0.25) is 11.8 Å². The number of para-hydroxylation sites is 1. The molecule has 7 nitrogen and oxygen atoms in total. The van der Waals surface area contributed by atoms with Crippen LogP contribution in [0.3, 0.4) is 0 Å². The lowest BCUT2D eigenvalue weighted by Gasteiger charge is -2.17. The van der Waals surface area contributed by atoms with Crippen LogP contribution in [0.4, 0.5) is 5.69 Å². The van der Waals surface area contributed by atoms with Gasteiger partial charge < -0.3 is 14.8 Å². The molecule has 0 fully saturated rings. The Bertz CT molecular complexity index is 826. The number of anilines is 1. The number of aryl methyl sites for hydroxylation is 1. The molecule has 2 amide bonds. The smallest absolute Gasteiger partial charge is 0.244 e. The van der Waals surface area contributed by atoms with Crippen LogP contribution in [0.1, 0.15) is 25.1 Å². The normalized spacial score (nSPS) is 13.6. The molecule has 0 unspecified atom stereocenters. The van der Waals surface area contributed by atoms with Crippen molar-refractivity contribution in [2.45, 2.75) is 37.4 Å². The summed E-state index contributed by atoms with van der Waals surface area (Å²) in [5, 5.41) is 12.4. The van der Waals surface area contributed by atoms with Gasteiger partial charge in [-0.2, -0.15) is 0 Å². The van der Waals surface area contributed by atoms with Crippen LogP contribution >= 0.6 is 23.4 Å². The number of carbonyl (C=O) groups is 2. The number of thioether (sulfide) groups is 1. The summed E-state index contributed by atoms with van der Waals surface area (Å²) >= 11 is 7.40. The Hall–Kier alpha value is -2.06. The van der Waals surface area contributed by atoms with Gasteiger partial charge in [0.15, 0.2) is 5.16 Å². The van der Waals surface area contributed by atoms with Crippen LogP contribution in [0.15, 0.2) is 29.4 Å². The number of hydrogen-bond acceptors (Lipinski definition) is 5. The maximum atomic E-state index is 12.4. The van der Waals surface area contributed by atoms with Crippen LogP contribution in [0.25, 0.3) is 0 Å². The molecule has 0 saturated heterocycles. The van der Waals surface area contributed by atoms with E-state index in [-0.39, 0.29) is 24.1 Å². The summed E-state index contributed by atoms with van der Waals surface area (Å²) in [7, 11) is 1.61. The molecule has 2 aromatic rings. The van der Waals surface area contributed by atoms with E-state index in [2.05, 4.69) is 20.1 Å². The first-order valence-corrected chi connectivity index (χ1v) is 10.2. The van der Waals surface area contributed by atoms with E-state index in [9.17, 15) is 9.59 Å². The minimum Gasteiger partial charge on any atom is -0.336 e. The van der Waals surface area contributed by atoms with Gasteiger partial charge in [0.25, 0.3) is 0 Å². The van der Waals surface area contributed by atoms with E-state index < -0.39 is 0 Å². The van der Waals surface area contributed by atoms with E-state index in [0.29, 0.717) is 10.7 Å². The summed E-state index contributed by atoms with van der Waals surface area (Å²) < 4.78 is 2.11. The standard InChI is InChI=1S/C18H22ClN5O2S/c1-23(11-16(25)20-14-8-5-4-7-13(14)19)17(26)12-27-18-22-21-15-9-3-2-6-10-24(15)18/h4-5,7-8H,2-3,6,9-12H2,1H3,(H,20,25). The van der Waals surface area contributed by atoms with Crippen LogP contribution in [-0.2, 0) is 22.6 Å². The van der Waals surface area contributed by atoms with E-state index in [1.54, 1.807) is 31.3 Å². The first-order chi connectivity index (χ1) is 13.0. The summed E-state index contributed by atoms with van der Waals surface area (Å²) in [6, 6.07) is 6.99. The fraction of sp³-hybridized carbons (Fsp3) is 0.444. The van der Waals surface area contributed by atoms with E-state index in [1.807, 2.05) is 0 Å². The number of aromatic nitrogens is 3. The highest BCUT2D eigenvalue weighted by Crippen LogP contribution is 2.22. The monoisotopic (exact) mass is 407 g/mol. The van der Waals surface area contributed by atoms with Gasteiger partial charge in [0, 0.05) is 20.0 Å². The molecular formula is C18H22ClN5O2S. The minimum absolute atomic E-state index is 0.0391. The second-order valence-electron chi connectivity index (χ2n) is 6.43. The number of hydrogen-bond donors (Lipinski definition) is 1. The lowest BCUT2D eigenvalue weighted by atomic mass is 10.2. The molecule has 1 aromatic heterocycles. The maximum absolute atomic E-state index is 12.4. The topological polar surface area (TPSA) is 80.1 Å². The Kier molecular flexibility index (Phi) is 6.73. The molecule has 1 N–H and O–H groups in total. The number of amides is 2. The predicted octanol–water partition coefficient (Wildman–Crippen LogP) is 2.85.